The summed E-state index contributed by atoms with van der Waals surface area (Å²) in [6, 6.07) is 1.82. The fourth-order valence-corrected chi connectivity index (χ4v) is 1.87. The van der Waals surface area contributed by atoms with Crippen LogP contribution in [-0.4, -0.2) is 45.5 Å². The summed E-state index contributed by atoms with van der Waals surface area (Å²) in [6.45, 7) is 0.522. The zero-order valence-electron chi connectivity index (χ0n) is 7.45. The van der Waals surface area contributed by atoms with Crippen LogP contribution in [0.1, 0.15) is 6.42 Å². The molecule has 0 bridgehead atoms. The summed E-state index contributed by atoms with van der Waals surface area (Å²) in [6.07, 6.45) is 0.0930. The van der Waals surface area contributed by atoms with Crippen LogP contribution in [-0.2, 0) is 9.84 Å². The molecule has 0 N–H and O–H groups in total. The highest BCUT2D eigenvalue weighted by Gasteiger charge is 2.09. The van der Waals surface area contributed by atoms with Crippen molar-refractivity contribution < 1.29 is 8.42 Å². The van der Waals surface area contributed by atoms with Gasteiger partial charge in [-0.15, -0.1) is 0 Å². The number of nitriles is 1. The molecule has 0 aromatic rings. The first-order chi connectivity index (χ1) is 5.48. The summed E-state index contributed by atoms with van der Waals surface area (Å²) in [5, 5.41) is 8.18. The normalized spacial score (nSPS) is 11.5. The lowest BCUT2D eigenvalue weighted by atomic mass is 10.6. The molecule has 0 saturated carbocycles. The van der Waals surface area contributed by atoms with Crippen molar-refractivity contribution in [3.63, 3.8) is 0 Å². The third-order valence-electron chi connectivity index (χ3n) is 1.37. The summed E-state index contributed by atoms with van der Waals surface area (Å²) in [4.78, 5) is 1.81. The summed E-state index contributed by atoms with van der Waals surface area (Å²) >= 11 is 0. The molecule has 0 aromatic heterocycles. The third-order valence-corrected chi connectivity index (χ3v) is 3.01. The summed E-state index contributed by atoms with van der Waals surface area (Å²) in [5.41, 5.74) is 0. The van der Waals surface area contributed by atoms with E-state index in [0.717, 1.165) is 0 Å². The van der Waals surface area contributed by atoms with Gasteiger partial charge in [0.25, 0.3) is 0 Å². The van der Waals surface area contributed by atoms with Gasteiger partial charge in [-0.1, -0.05) is 0 Å². The molecule has 0 aliphatic heterocycles. The van der Waals surface area contributed by atoms with Crippen LogP contribution in [0.25, 0.3) is 0 Å². The second-order valence-electron chi connectivity index (χ2n) is 2.86. The van der Waals surface area contributed by atoms with E-state index in [4.69, 9.17) is 5.26 Å². The monoisotopic (exact) mass is 190 g/mol. The Hall–Kier alpha value is -0.600. The van der Waals surface area contributed by atoms with Gasteiger partial charge in [0.2, 0.25) is 0 Å². The van der Waals surface area contributed by atoms with Crippen molar-refractivity contribution in [1.82, 2.24) is 4.90 Å². The van der Waals surface area contributed by atoms with Crippen LogP contribution >= 0.6 is 0 Å². The van der Waals surface area contributed by atoms with Crippen LogP contribution in [0.15, 0.2) is 0 Å². The minimum Gasteiger partial charge on any atom is -0.308 e. The molecule has 0 radical (unpaired) electrons. The van der Waals surface area contributed by atoms with E-state index in [1.165, 1.54) is 0 Å². The van der Waals surface area contributed by atoms with Gasteiger partial charge in [-0.2, -0.15) is 5.26 Å². The zero-order valence-corrected chi connectivity index (χ0v) is 8.26. The molecule has 70 valence electrons. The van der Waals surface area contributed by atoms with Crippen LogP contribution in [0.4, 0.5) is 0 Å². The minimum atomic E-state index is -3.00. The molecule has 0 aliphatic carbocycles. The average Bonchev–Trinajstić information content (AvgIpc) is 1.98. The molecule has 0 fully saturated rings. The van der Waals surface area contributed by atoms with Crippen molar-refractivity contribution in [1.29, 1.82) is 5.26 Å². The summed E-state index contributed by atoms with van der Waals surface area (Å²) in [7, 11) is 0.636. The Balaban J connectivity index is 3.83. The molecule has 0 saturated heterocycles. The quantitative estimate of drug-likeness (QED) is 0.606. The van der Waals surface area contributed by atoms with Crippen molar-refractivity contribution in [3.05, 3.63) is 0 Å². The molecular formula is C7H14N2O2S. The van der Waals surface area contributed by atoms with Crippen LogP contribution in [0.5, 0.6) is 0 Å². The minimum absolute atomic E-state index is 0.0165. The Labute approximate surface area is 73.7 Å². The van der Waals surface area contributed by atoms with Crippen LogP contribution < -0.4 is 0 Å². The maximum Gasteiger partial charge on any atom is 0.152 e. The Morgan fingerprint density at radius 3 is 2.33 bits per heavy atom. The SMILES string of the molecule is CN(C)CCS(=O)(=O)CCC#N. The van der Waals surface area contributed by atoms with Crippen LogP contribution in [0, 0.1) is 11.3 Å². The van der Waals surface area contributed by atoms with Crippen molar-refractivity contribution in [3.8, 4) is 6.07 Å². The van der Waals surface area contributed by atoms with E-state index < -0.39 is 9.84 Å². The molecule has 0 atom stereocenters. The lowest BCUT2D eigenvalue weighted by Gasteiger charge is -2.08. The van der Waals surface area contributed by atoms with Gasteiger partial charge in [-0.25, -0.2) is 8.42 Å². The van der Waals surface area contributed by atoms with Crippen LogP contribution in [0.2, 0.25) is 0 Å². The predicted molar refractivity (Wildman–Crippen MR) is 47.4 cm³/mol. The van der Waals surface area contributed by atoms with Gasteiger partial charge < -0.3 is 4.90 Å². The van der Waals surface area contributed by atoms with E-state index >= 15 is 0 Å². The first kappa shape index (κ1) is 11.4. The Kier molecular flexibility index (Phi) is 4.86. The molecule has 4 nitrogen and oxygen atoms in total. The number of hydrogen-bond donors (Lipinski definition) is 0. The fraction of sp³-hybridized carbons (Fsp3) is 0.857. The number of sulfone groups is 1. The van der Waals surface area contributed by atoms with E-state index in [9.17, 15) is 8.42 Å². The van der Waals surface area contributed by atoms with Gasteiger partial charge in [0.05, 0.1) is 17.6 Å². The lowest BCUT2D eigenvalue weighted by Crippen LogP contribution is -2.23. The number of hydrogen-bond acceptors (Lipinski definition) is 4. The average molecular weight is 190 g/mol. The highest BCUT2D eigenvalue weighted by atomic mass is 32.2. The van der Waals surface area contributed by atoms with Gasteiger partial charge >= 0.3 is 0 Å². The van der Waals surface area contributed by atoms with Gasteiger partial charge in [0.15, 0.2) is 9.84 Å². The number of rotatable bonds is 5. The molecular weight excluding hydrogens is 176 g/mol. The van der Waals surface area contributed by atoms with Crippen molar-refractivity contribution in [2.24, 2.45) is 0 Å². The second-order valence-corrected chi connectivity index (χ2v) is 5.17. The second kappa shape index (κ2) is 5.12. The summed E-state index contributed by atoms with van der Waals surface area (Å²) < 4.78 is 22.2. The van der Waals surface area contributed by atoms with E-state index in [0.29, 0.717) is 6.54 Å². The lowest BCUT2D eigenvalue weighted by molar-refractivity contribution is 0.432. The van der Waals surface area contributed by atoms with E-state index in [-0.39, 0.29) is 17.9 Å². The first-order valence-corrected chi connectivity index (χ1v) is 5.52. The molecule has 0 aliphatic rings. The molecule has 0 amide bonds. The predicted octanol–water partition coefficient (Wildman–Crippen LogP) is -0.124. The van der Waals surface area contributed by atoms with Crippen LogP contribution in [0.3, 0.4) is 0 Å². The molecule has 0 spiro atoms. The molecule has 0 unspecified atom stereocenters. The van der Waals surface area contributed by atoms with E-state index in [1.54, 1.807) is 0 Å². The maximum absolute atomic E-state index is 11.1. The molecule has 0 heterocycles. The van der Waals surface area contributed by atoms with Crippen molar-refractivity contribution in [2.45, 2.75) is 6.42 Å². The van der Waals surface area contributed by atoms with Crippen molar-refractivity contribution in [2.75, 3.05) is 32.1 Å². The number of nitrogens with zero attached hydrogens (tertiary/aromatic N) is 2. The first-order valence-electron chi connectivity index (χ1n) is 3.70. The Bertz CT molecular complexity index is 251. The zero-order chi connectivity index (χ0) is 9.61. The Morgan fingerprint density at radius 1 is 1.33 bits per heavy atom. The molecule has 0 rings (SSSR count). The Morgan fingerprint density at radius 2 is 1.92 bits per heavy atom. The molecule has 0 aromatic carbocycles. The van der Waals surface area contributed by atoms with Gasteiger partial charge in [0, 0.05) is 13.0 Å². The van der Waals surface area contributed by atoms with Gasteiger partial charge in [-0.3, -0.25) is 0 Å². The van der Waals surface area contributed by atoms with Gasteiger partial charge in [-0.05, 0) is 14.1 Å². The standard InChI is InChI=1S/C7H14N2O2S/c1-9(2)5-7-12(10,11)6-3-4-8/h3,5-7H2,1-2H3. The molecule has 12 heavy (non-hydrogen) atoms. The van der Waals surface area contributed by atoms with Gasteiger partial charge in [0.1, 0.15) is 0 Å². The maximum atomic E-state index is 11.1. The summed E-state index contributed by atoms with van der Waals surface area (Å²) in [5.74, 6) is 0.124. The highest BCUT2D eigenvalue weighted by Crippen LogP contribution is 1.93. The van der Waals surface area contributed by atoms with E-state index in [1.807, 2.05) is 25.1 Å². The largest absolute Gasteiger partial charge is 0.308 e. The molecule has 5 heteroatoms. The van der Waals surface area contributed by atoms with E-state index in [2.05, 4.69) is 0 Å². The topological polar surface area (TPSA) is 61.2 Å². The smallest absolute Gasteiger partial charge is 0.152 e. The highest BCUT2D eigenvalue weighted by molar-refractivity contribution is 7.91. The van der Waals surface area contributed by atoms with Crippen molar-refractivity contribution >= 4 is 9.84 Å². The third kappa shape index (κ3) is 6.13. The fourth-order valence-electron chi connectivity index (χ4n) is 0.625.